The Hall–Kier alpha value is -7.39. The minimum absolute atomic E-state index is 0.108. The fourth-order valence-electron chi connectivity index (χ4n) is 7.93. The quantitative estimate of drug-likeness (QED) is 0.0407. The lowest BCUT2D eigenvalue weighted by Crippen LogP contribution is -2.60. The van der Waals surface area contributed by atoms with E-state index in [1.54, 1.807) is 69.3 Å². The molecule has 5 aromatic rings. The lowest BCUT2D eigenvalue weighted by molar-refractivity contribution is -0.144. The molecule has 5 amide bonds. The van der Waals surface area contributed by atoms with Gasteiger partial charge in [-0.15, -0.1) is 0 Å². The molecule has 0 spiro atoms. The number of unbranched alkanes of at least 4 members (excludes halogenated alkanes) is 2. The molecule has 68 heavy (non-hydrogen) atoms. The SMILES string of the molecule is Cc1ccc(N(C(=O)CN(CCCCN)C(=O)Nc2ccc(OCc3ccccc3)cc2)C(C(=O)O)N(CCCCNC(=O)OC(C)(C)C)C(=O)OCC2c3ccccc3-c3ccccc32)cc1. The number of carbonyl (C=O) groups is 5. The van der Waals surface area contributed by atoms with Gasteiger partial charge < -0.3 is 40.6 Å². The van der Waals surface area contributed by atoms with E-state index in [-0.39, 0.29) is 44.3 Å². The van der Waals surface area contributed by atoms with Gasteiger partial charge in [0.1, 0.15) is 31.1 Å². The number of benzene rings is 5. The summed E-state index contributed by atoms with van der Waals surface area (Å²) >= 11 is 0. The maximum Gasteiger partial charge on any atom is 0.411 e. The molecule has 0 bridgehead atoms. The van der Waals surface area contributed by atoms with E-state index in [9.17, 15) is 29.1 Å². The molecule has 0 fully saturated rings. The van der Waals surface area contributed by atoms with Crippen LogP contribution in [-0.2, 0) is 25.7 Å². The van der Waals surface area contributed by atoms with Crippen LogP contribution in [0.25, 0.3) is 11.1 Å². The van der Waals surface area contributed by atoms with Gasteiger partial charge in [0.05, 0.1) is 0 Å². The number of rotatable bonds is 21. The maximum absolute atomic E-state index is 14.9. The van der Waals surface area contributed by atoms with Gasteiger partial charge in [-0.2, -0.15) is 0 Å². The Morgan fingerprint density at radius 1 is 0.750 bits per heavy atom. The van der Waals surface area contributed by atoms with Crippen molar-refractivity contribution in [2.24, 2.45) is 5.73 Å². The van der Waals surface area contributed by atoms with Gasteiger partial charge in [-0.05, 0) is 124 Å². The summed E-state index contributed by atoms with van der Waals surface area (Å²) in [5.41, 5.74) is 11.6. The molecule has 6 rings (SSSR count). The smallest absolute Gasteiger partial charge is 0.411 e. The second kappa shape index (κ2) is 23.9. The van der Waals surface area contributed by atoms with Crippen molar-refractivity contribution in [2.45, 2.75) is 77.7 Å². The van der Waals surface area contributed by atoms with Crippen molar-refractivity contribution in [3.8, 4) is 16.9 Å². The van der Waals surface area contributed by atoms with Gasteiger partial charge in [0.25, 0.3) is 0 Å². The lowest BCUT2D eigenvalue weighted by Gasteiger charge is -2.37. The van der Waals surface area contributed by atoms with Crippen LogP contribution in [-0.4, -0.2) is 96.1 Å². The van der Waals surface area contributed by atoms with Gasteiger partial charge in [-0.1, -0.05) is 96.6 Å². The van der Waals surface area contributed by atoms with Gasteiger partial charge in [0, 0.05) is 36.9 Å². The first kappa shape index (κ1) is 50.0. The minimum atomic E-state index is -1.92. The zero-order valence-corrected chi connectivity index (χ0v) is 39.2. The summed E-state index contributed by atoms with van der Waals surface area (Å²) in [6, 6.07) is 38.3. The molecule has 15 heteroatoms. The number of carboxylic acid groups (broad SMARTS) is 1. The van der Waals surface area contributed by atoms with E-state index in [0.717, 1.165) is 43.2 Å². The Kier molecular flexibility index (Phi) is 17.6. The highest BCUT2D eigenvalue weighted by Crippen LogP contribution is 2.44. The first-order valence-corrected chi connectivity index (χ1v) is 22.9. The highest BCUT2D eigenvalue weighted by molar-refractivity contribution is 6.03. The first-order chi connectivity index (χ1) is 32.7. The molecule has 15 nitrogen and oxygen atoms in total. The molecule has 0 saturated carbocycles. The van der Waals surface area contributed by atoms with Gasteiger partial charge in [0.15, 0.2) is 0 Å². The maximum atomic E-state index is 14.9. The number of carbonyl (C=O) groups excluding carboxylic acids is 4. The zero-order chi connectivity index (χ0) is 48.6. The van der Waals surface area contributed by atoms with E-state index in [4.69, 9.17) is 19.9 Å². The monoisotopic (exact) mass is 926 g/mol. The standard InChI is InChI=1S/C53H62N6O9/c1-37-22-26-40(27-23-37)59(47(60)34-57(32-14-12-30-54)50(63)56-39-24-28-41(29-25-39)66-35-38-16-6-5-7-17-38)48(49(61)62)58(33-15-13-31-55-51(64)68-53(2,3)4)52(65)67-36-46-44-20-10-8-18-42(44)43-19-9-11-21-45(43)46/h5-11,16-29,46,48H,12-15,30-36,54H2,1-4H3,(H,55,64)(H,56,63)(H,61,62). The second-order valence-corrected chi connectivity index (χ2v) is 17.6. The number of nitrogens with one attached hydrogen (secondary N) is 2. The molecule has 0 heterocycles. The predicted octanol–water partition coefficient (Wildman–Crippen LogP) is 9.15. The van der Waals surface area contributed by atoms with Gasteiger partial charge in [-0.3, -0.25) is 14.6 Å². The van der Waals surface area contributed by atoms with Gasteiger partial charge in [0.2, 0.25) is 12.1 Å². The average Bonchev–Trinajstić information content (AvgIpc) is 3.64. The van der Waals surface area contributed by atoms with Crippen molar-refractivity contribution < 1.29 is 43.3 Å². The Labute approximate surface area is 398 Å². The molecular weight excluding hydrogens is 865 g/mol. The van der Waals surface area contributed by atoms with Crippen molar-refractivity contribution in [3.05, 3.63) is 150 Å². The number of alkyl carbamates (subject to hydrolysis) is 1. The first-order valence-electron chi connectivity index (χ1n) is 22.9. The number of ether oxygens (including phenoxy) is 3. The molecule has 0 aromatic heterocycles. The fourth-order valence-corrected chi connectivity index (χ4v) is 7.93. The fraction of sp³-hybridized carbons (Fsp3) is 0.340. The number of nitrogens with two attached hydrogens (primary N) is 1. The molecule has 0 radical (unpaired) electrons. The zero-order valence-electron chi connectivity index (χ0n) is 39.2. The van der Waals surface area contributed by atoms with Crippen LogP contribution in [0.2, 0.25) is 0 Å². The van der Waals surface area contributed by atoms with Crippen molar-refractivity contribution >= 4 is 41.5 Å². The van der Waals surface area contributed by atoms with E-state index >= 15 is 0 Å². The van der Waals surface area contributed by atoms with E-state index in [1.807, 2.05) is 85.8 Å². The molecule has 1 atom stereocenters. The number of aryl methyl sites for hydroxylation is 1. The van der Waals surface area contributed by atoms with Gasteiger partial charge in [-0.25, -0.2) is 19.2 Å². The number of amides is 5. The lowest BCUT2D eigenvalue weighted by atomic mass is 9.98. The van der Waals surface area contributed by atoms with Crippen LogP contribution in [0.4, 0.5) is 25.8 Å². The number of urea groups is 1. The third kappa shape index (κ3) is 13.8. The van der Waals surface area contributed by atoms with Crippen LogP contribution >= 0.6 is 0 Å². The molecule has 0 aliphatic heterocycles. The second-order valence-electron chi connectivity index (χ2n) is 17.6. The third-order valence-electron chi connectivity index (χ3n) is 11.3. The molecule has 1 unspecified atom stereocenters. The van der Waals surface area contributed by atoms with E-state index in [0.29, 0.717) is 43.9 Å². The summed E-state index contributed by atoms with van der Waals surface area (Å²) in [5, 5.41) is 16.7. The summed E-state index contributed by atoms with van der Waals surface area (Å²) in [6.07, 6.45) is -1.94. The van der Waals surface area contributed by atoms with Crippen molar-refractivity contribution in [1.82, 2.24) is 15.1 Å². The Balaban J connectivity index is 1.26. The largest absolute Gasteiger partial charge is 0.489 e. The highest BCUT2D eigenvalue weighted by Gasteiger charge is 2.41. The molecule has 0 saturated heterocycles. The summed E-state index contributed by atoms with van der Waals surface area (Å²) in [5.74, 6) is -2.01. The number of aliphatic carboxylic acids is 1. The van der Waals surface area contributed by atoms with Crippen LogP contribution in [0.1, 0.15) is 74.6 Å². The number of carboxylic acids is 1. The number of fused-ring (bicyclic) bond motifs is 3. The Bertz CT molecular complexity index is 2430. The molecule has 5 N–H and O–H groups in total. The molecule has 358 valence electrons. The van der Waals surface area contributed by atoms with E-state index < -0.39 is 48.4 Å². The van der Waals surface area contributed by atoms with Crippen LogP contribution in [0.15, 0.2) is 127 Å². The van der Waals surface area contributed by atoms with Crippen molar-refractivity contribution in [1.29, 1.82) is 0 Å². The molecule has 1 aliphatic rings. The summed E-state index contributed by atoms with van der Waals surface area (Å²) < 4.78 is 17.3. The number of anilines is 2. The number of hydrogen-bond donors (Lipinski definition) is 4. The Morgan fingerprint density at radius 3 is 1.99 bits per heavy atom. The van der Waals surface area contributed by atoms with Crippen LogP contribution in [0.3, 0.4) is 0 Å². The third-order valence-corrected chi connectivity index (χ3v) is 11.3. The van der Waals surface area contributed by atoms with Crippen molar-refractivity contribution in [3.63, 3.8) is 0 Å². The molecular formula is C53H62N6O9. The van der Waals surface area contributed by atoms with Crippen molar-refractivity contribution in [2.75, 3.05) is 49.5 Å². The Morgan fingerprint density at radius 2 is 1.37 bits per heavy atom. The summed E-state index contributed by atoms with van der Waals surface area (Å²) in [7, 11) is 0. The van der Waals surface area contributed by atoms with Gasteiger partial charge >= 0.3 is 24.2 Å². The van der Waals surface area contributed by atoms with Crippen LogP contribution in [0, 0.1) is 6.92 Å². The van der Waals surface area contributed by atoms with E-state index in [2.05, 4.69) is 10.6 Å². The molecule has 1 aliphatic carbocycles. The van der Waals surface area contributed by atoms with Crippen LogP contribution < -0.4 is 26.0 Å². The van der Waals surface area contributed by atoms with Crippen LogP contribution in [0.5, 0.6) is 5.75 Å². The normalized spacial score (nSPS) is 12.2. The molecule has 5 aromatic carbocycles. The summed E-state index contributed by atoms with van der Waals surface area (Å²) in [4.78, 5) is 73.0. The van der Waals surface area contributed by atoms with E-state index in [1.165, 1.54) is 4.90 Å². The average molecular weight is 927 g/mol. The highest BCUT2D eigenvalue weighted by atomic mass is 16.6. The predicted molar refractivity (Wildman–Crippen MR) is 261 cm³/mol. The minimum Gasteiger partial charge on any atom is -0.489 e. The number of nitrogens with zero attached hydrogens (tertiary/aromatic N) is 3. The number of hydrogen-bond acceptors (Lipinski definition) is 9. The summed E-state index contributed by atoms with van der Waals surface area (Å²) in [6.45, 7) is 7.27. The topological polar surface area (TPSA) is 193 Å².